The third-order valence-corrected chi connectivity index (χ3v) is 2.94. The average molecular weight is 263 g/mol. The Balaban J connectivity index is 1.91. The molecular weight excluding hydrogens is 250 g/mol. The first kappa shape index (κ1) is 12.1. The van der Waals surface area contributed by atoms with Gasteiger partial charge in [0.05, 0.1) is 6.20 Å². The molecule has 0 aliphatic heterocycles. The van der Waals surface area contributed by atoms with E-state index in [1.807, 2.05) is 48.5 Å². The number of aromatic nitrogens is 3. The molecule has 0 fully saturated rings. The van der Waals surface area contributed by atoms with Gasteiger partial charge in [0.25, 0.3) is 0 Å². The summed E-state index contributed by atoms with van der Waals surface area (Å²) in [6.45, 7) is 0. The minimum absolute atomic E-state index is 0.573. The van der Waals surface area contributed by atoms with Crippen molar-refractivity contribution in [2.24, 2.45) is 0 Å². The van der Waals surface area contributed by atoms with Crippen LogP contribution in [-0.2, 0) is 0 Å². The highest BCUT2D eigenvalue weighted by atomic mass is 15.2. The molecule has 0 amide bonds. The molecule has 20 heavy (non-hydrogen) atoms. The van der Waals surface area contributed by atoms with Crippen molar-refractivity contribution in [1.82, 2.24) is 15.2 Å². The van der Waals surface area contributed by atoms with E-state index in [4.69, 9.17) is 11.5 Å². The van der Waals surface area contributed by atoms with E-state index in [9.17, 15) is 0 Å². The summed E-state index contributed by atoms with van der Waals surface area (Å²) in [5, 5.41) is 8.34. The van der Waals surface area contributed by atoms with E-state index in [1.165, 1.54) is 0 Å². The molecule has 0 aliphatic rings. The zero-order valence-electron chi connectivity index (χ0n) is 10.7. The van der Waals surface area contributed by atoms with Gasteiger partial charge in [-0.1, -0.05) is 12.1 Å². The molecule has 98 valence electrons. The van der Waals surface area contributed by atoms with Crippen molar-refractivity contribution in [2.75, 3.05) is 11.5 Å². The first-order valence-electron chi connectivity index (χ1n) is 6.14. The molecule has 0 radical (unpaired) electrons. The summed E-state index contributed by atoms with van der Waals surface area (Å²) in [4.78, 5) is 4.33. The molecule has 0 atom stereocenters. The highest BCUT2D eigenvalue weighted by Gasteiger charge is 2.04. The number of hydrogen-bond acceptors (Lipinski definition) is 5. The van der Waals surface area contributed by atoms with Crippen LogP contribution in [0.15, 0.2) is 54.7 Å². The normalized spacial score (nSPS) is 10.4. The molecule has 0 unspecified atom stereocenters. The summed E-state index contributed by atoms with van der Waals surface area (Å²) in [7, 11) is 0. The lowest BCUT2D eigenvalue weighted by molar-refractivity contribution is 0.987. The summed E-state index contributed by atoms with van der Waals surface area (Å²) >= 11 is 0. The molecule has 0 bridgehead atoms. The van der Waals surface area contributed by atoms with Crippen LogP contribution in [0.4, 0.5) is 11.4 Å². The van der Waals surface area contributed by atoms with Crippen molar-refractivity contribution < 1.29 is 0 Å². The Bertz CT molecular complexity index is 638. The number of rotatable bonds is 2. The molecule has 2 aromatic carbocycles. The lowest BCUT2D eigenvalue weighted by atomic mass is 10.1. The van der Waals surface area contributed by atoms with Gasteiger partial charge in [-0.25, -0.2) is 4.98 Å². The average Bonchev–Trinajstić information content (AvgIpc) is 2.49. The van der Waals surface area contributed by atoms with Crippen LogP contribution in [0.3, 0.4) is 0 Å². The molecule has 1 aromatic heterocycles. The number of nitrogen functional groups attached to an aromatic ring is 2. The maximum absolute atomic E-state index is 5.66. The topological polar surface area (TPSA) is 90.7 Å². The summed E-state index contributed by atoms with van der Waals surface area (Å²) in [6.07, 6.45) is 1.70. The van der Waals surface area contributed by atoms with Crippen molar-refractivity contribution in [1.29, 1.82) is 0 Å². The molecule has 0 spiro atoms. The summed E-state index contributed by atoms with van der Waals surface area (Å²) < 4.78 is 0. The van der Waals surface area contributed by atoms with Crippen molar-refractivity contribution in [3.05, 3.63) is 54.7 Å². The zero-order chi connectivity index (χ0) is 13.9. The fourth-order valence-corrected chi connectivity index (χ4v) is 1.83. The first-order chi connectivity index (χ1) is 9.72. The first-order valence-corrected chi connectivity index (χ1v) is 6.14. The quantitative estimate of drug-likeness (QED) is 0.693. The van der Waals surface area contributed by atoms with Crippen LogP contribution in [-0.4, -0.2) is 15.2 Å². The molecular formula is C15H13N5. The van der Waals surface area contributed by atoms with Gasteiger partial charge >= 0.3 is 0 Å². The van der Waals surface area contributed by atoms with Crippen molar-refractivity contribution in [2.45, 2.75) is 0 Å². The highest BCUT2D eigenvalue weighted by Crippen LogP contribution is 2.19. The van der Waals surface area contributed by atoms with Crippen LogP contribution in [0.2, 0.25) is 0 Å². The predicted molar refractivity (Wildman–Crippen MR) is 79.5 cm³/mol. The smallest absolute Gasteiger partial charge is 0.181 e. The van der Waals surface area contributed by atoms with Gasteiger partial charge in [0.1, 0.15) is 5.69 Å². The maximum Gasteiger partial charge on any atom is 0.181 e. The summed E-state index contributed by atoms with van der Waals surface area (Å²) in [6, 6.07) is 14.8. The maximum atomic E-state index is 5.66. The van der Waals surface area contributed by atoms with Gasteiger partial charge in [-0.2, -0.15) is 0 Å². The van der Waals surface area contributed by atoms with Gasteiger partial charge < -0.3 is 11.5 Å². The van der Waals surface area contributed by atoms with E-state index in [1.54, 1.807) is 6.20 Å². The van der Waals surface area contributed by atoms with Crippen LogP contribution in [0.1, 0.15) is 0 Å². The van der Waals surface area contributed by atoms with Crippen molar-refractivity contribution in [3.63, 3.8) is 0 Å². The van der Waals surface area contributed by atoms with Gasteiger partial charge in [-0.05, 0) is 36.4 Å². The summed E-state index contributed by atoms with van der Waals surface area (Å²) in [5.74, 6) is 0.573. The molecule has 3 rings (SSSR count). The van der Waals surface area contributed by atoms with Gasteiger partial charge in [0, 0.05) is 22.5 Å². The number of nitrogens with two attached hydrogens (primary N) is 2. The Morgan fingerprint density at radius 1 is 0.650 bits per heavy atom. The lowest BCUT2D eigenvalue weighted by Crippen LogP contribution is -1.95. The fourth-order valence-electron chi connectivity index (χ4n) is 1.83. The van der Waals surface area contributed by atoms with E-state index in [-0.39, 0.29) is 0 Å². The zero-order valence-corrected chi connectivity index (χ0v) is 10.7. The number of hydrogen-bond donors (Lipinski definition) is 2. The molecule has 4 N–H and O–H groups in total. The summed E-state index contributed by atoms with van der Waals surface area (Å²) in [5.41, 5.74) is 15.3. The highest BCUT2D eigenvalue weighted by molar-refractivity contribution is 5.62. The van der Waals surface area contributed by atoms with Gasteiger partial charge in [0.15, 0.2) is 5.82 Å². The predicted octanol–water partition coefficient (Wildman–Crippen LogP) is 2.37. The second kappa shape index (κ2) is 4.97. The number of benzene rings is 2. The van der Waals surface area contributed by atoms with Crippen LogP contribution in [0, 0.1) is 0 Å². The van der Waals surface area contributed by atoms with E-state index in [2.05, 4.69) is 15.2 Å². The van der Waals surface area contributed by atoms with Crippen LogP contribution < -0.4 is 11.5 Å². The minimum Gasteiger partial charge on any atom is -0.399 e. The van der Waals surface area contributed by atoms with Crippen LogP contribution in [0.5, 0.6) is 0 Å². The third-order valence-electron chi connectivity index (χ3n) is 2.94. The number of anilines is 2. The molecule has 0 aliphatic carbocycles. The second-order valence-electron chi connectivity index (χ2n) is 4.41. The largest absolute Gasteiger partial charge is 0.399 e. The standard InChI is InChI=1S/C15H13N5/c16-12-5-1-10(2-6-12)14-9-18-15(20-19-14)11-3-7-13(17)8-4-11/h1-9H,16-17H2. The Hall–Kier alpha value is -2.95. The van der Waals surface area contributed by atoms with E-state index in [0.717, 1.165) is 11.1 Å². The molecule has 0 saturated heterocycles. The molecule has 5 nitrogen and oxygen atoms in total. The minimum atomic E-state index is 0.573. The van der Waals surface area contributed by atoms with Gasteiger partial charge in [-0.3, -0.25) is 0 Å². The number of nitrogens with zero attached hydrogens (tertiary/aromatic N) is 3. The van der Waals surface area contributed by atoms with E-state index in [0.29, 0.717) is 22.9 Å². The van der Waals surface area contributed by atoms with Crippen LogP contribution >= 0.6 is 0 Å². The second-order valence-corrected chi connectivity index (χ2v) is 4.41. The fraction of sp³-hybridized carbons (Fsp3) is 0. The van der Waals surface area contributed by atoms with E-state index >= 15 is 0 Å². The molecule has 0 saturated carbocycles. The SMILES string of the molecule is Nc1ccc(-c2cnc(-c3ccc(N)cc3)nn2)cc1. The van der Waals surface area contributed by atoms with E-state index < -0.39 is 0 Å². The Morgan fingerprint density at radius 2 is 1.20 bits per heavy atom. The van der Waals surface area contributed by atoms with Crippen molar-refractivity contribution >= 4 is 11.4 Å². The Morgan fingerprint density at radius 3 is 1.70 bits per heavy atom. The lowest BCUT2D eigenvalue weighted by Gasteiger charge is -2.02. The molecule has 1 heterocycles. The molecule has 3 aromatic rings. The van der Waals surface area contributed by atoms with Crippen molar-refractivity contribution in [3.8, 4) is 22.6 Å². The third kappa shape index (κ3) is 2.42. The molecule has 5 heteroatoms. The Labute approximate surface area is 116 Å². The van der Waals surface area contributed by atoms with Gasteiger partial charge in [-0.15, -0.1) is 10.2 Å². The van der Waals surface area contributed by atoms with Crippen LogP contribution in [0.25, 0.3) is 22.6 Å². The van der Waals surface area contributed by atoms with Gasteiger partial charge in [0.2, 0.25) is 0 Å². The monoisotopic (exact) mass is 263 g/mol. The Kier molecular flexibility index (Phi) is 3.01.